The molecule has 14 heavy (non-hydrogen) atoms. The van der Waals surface area contributed by atoms with Crippen LogP contribution >= 0.6 is 0 Å². The lowest BCUT2D eigenvalue weighted by Gasteiger charge is -2.26. The number of aryl methyl sites for hydroxylation is 1. The van der Waals surface area contributed by atoms with E-state index in [9.17, 15) is 0 Å². The minimum absolute atomic E-state index is 1.13. The normalized spacial score (nSPS) is 16.0. The molecular formula is C12H16N2. The van der Waals surface area contributed by atoms with E-state index in [4.69, 9.17) is 0 Å². The van der Waals surface area contributed by atoms with Crippen LogP contribution in [0, 0.1) is 0 Å². The number of hydrogen-bond acceptors (Lipinski definition) is 2. The van der Waals surface area contributed by atoms with Gasteiger partial charge in [0.25, 0.3) is 0 Å². The van der Waals surface area contributed by atoms with Gasteiger partial charge in [-0.2, -0.15) is 0 Å². The Morgan fingerprint density at radius 2 is 2.36 bits per heavy atom. The van der Waals surface area contributed by atoms with Gasteiger partial charge in [0.05, 0.1) is 0 Å². The molecule has 0 bridgehead atoms. The second kappa shape index (κ2) is 3.82. The van der Waals surface area contributed by atoms with Crippen LogP contribution in [0.1, 0.15) is 24.5 Å². The molecule has 1 aromatic rings. The zero-order chi connectivity index (χ0) is 9.97. The smallest absolute Gasteiger partial charge is 0.131 e. The van der Waals surface area contributed by atoms with Crippen molar-refractivity contribution in [2.24, 2.45) is 0 Å². The summed E-state index contributed by atoms with van der Waals surface area (Å²) in [7, 11) is 2.11. The molecule has 2 nitrogen and oxygen atoms in total. The first-order chi connectivity index (χ1) is 6.81. The minimum atomic E-state index is 1.13. The molecule has 0 amide bonds. The average Bonchev–Trinajstić information content (AvgIpc) is 2.18. The highest BCUT2D eigenvalue weighted by molar-refractivity contribution is 5.56. The summed E-state index contributed by atoms with van der Waals surface area (Å²) in [4.78, 5) is 6.73. The number of rotatable bonds is 1. The predicted octanol–water partition coefficient (Wildman–Crippen LogP) is 2.50. The number of nitrogens with zero attached hydrogens (tertiary/aromatic N) is 2. The SMILES string of the molecule is C/C=C/c1cnc2c(c1)CCCN2C. The van der Waals surface area contributed by atoms with Crippen molar-refractivity contribution < 1.29 is 0 Å². The molecule has 0 saturated heterocycles. The Balaban J connectivity index is 2.38. The summed E-state index contributed by atoms with van der Waals surface area (Å²) in [5, 5.41) is 0. The van der Waals surface area contributed by atoms with Gasteiger partial charge in [-0.3, -0.25) is 0 Å². The van der Waals surface area contributed by atoms with Gasteiger partial charge in [0, 0.05) is 19.8 Å². The quantitative estimate of drug-likeness (QED) is 0.673. The zero-order valence-corrected chi connectivity index (χ0v) is 8.83. The number of anilines is 1. The van der Waals surface area contributed by atoms with Crippen molar-refractivity contribution in [3.8, 4) is 0 Å². The third-order valence-corrected chi connectivity index (χ3v) is 2.62. The van der Waals surface area contributed by atoms with Gasteiger partial charge in [-0.05, 0) is 37.0 Å². The second-order valence-electron chi connectivity index (χ2n) is 3.78. The molecule has 0 aliphatic carbocycles. The number of aromatic nitrogens is 1. The van der Waals surface area contributed by atoms with Crippen LogP contribution in [-0.2, 0) is 6.42 Å². The fourth-order valence-corrected chi connectivity index (χ4v) is 1.95. The topological polar surface area (TPSA) is 16.1 Å². The van der Waals surface area contributed by atoms with Crippen LogP contribution in [0.25, 0.3) is 6.08 Å². The molecule has 0 N–H and O–H groups in total. The van der Waals surface area contributed by atoms with Crippen LogP contribution < -0.4 is 4.90 Å². The molecule has 74 valence electrons. The third kappa shape index (κ3) is 1.65. The van der Waals surface area contributed by atoms with Gasteiger partial charge in [-0.15, -0.1) is 0 Å². The van der Waals surface area contributed by atoms with Crippen LogP contribution in [-0.4, -0.2) is 18.6 Å². The molecule has 1 aliphatic heterocycles. The van der Waals surface area contributed by atoms with Crippen molar-refractivity contribution in [3.63, 3.8) is 0 Å². The van der Waals surface area contributed by atoms with E-state index in [-0.39, 0.29) is 0 Å². The molecule has 0 unspecified atom stereocenters. The molecule has 0 atom stereocenters. The van der Waals surface area contributed by atoms with Crippen molar-refractivity contribution in [3.05, 3.63) is 29.5 Å². The molecular weight excluding hydrogens is 172 g/mol. The van der Waals surface area contributed by atoms with Gasteiger partial charge in [0.1, 0.15) is 5.82 Å². The van der Waals surface area contributed by atoms with Crippen LogP contribution in [0.3, 0.4) is 0 Å². The highest BCUT2D eigenvalue weighted by Crippen LogP contribution is 2.24. The number of pyridine rings is 1. The maximum atomic E-state index is 4.49. The third-order valence-electron chi connectivity index (χ3n) is 2.62. The predicted molar refractivity (Wildman–Crippen MR) is 60.5 cm³/mol. The first-order valence-corrected chi connectivity index (χ1v) is 5.14. The number of allylic oxidation sites excluding steroid dienone is 1. The molecule has 0 radical (unpaired) electrons. The first kappa shape index (κ1) is 9.25. The molecule has 0 fully saturated rings. The minimum Gasteiger partial charge on any atom is -0.359 e. The van der Waals surface area contributed by atoms with E-state index in [0.717, 1.165) is 18.8 Å². The summed E-state index contributed by atoms with van der Waals surface area (Å²) in [6.07, 6.45) is 8.50. The summed E-state index contributed by atoms with van der Waals surface area (Å²) in [5.74, 6) is 1.16. The first-order valence-electron chi connectivity index (χ1n) is 5.14. The molecule has 2 rings (SSSR count). The number of fused-ring (bicyclic) bond motifs is 1. The molecule has 0 spiro atoms. The summed E-state index contributed by atoms with van der Waals surface area (Å²) in [6.45, 7) is 3.16. The highest BCUT2D eigenvalue weighted by Gasteiger charge is 2.14. The summed E-state index contributed by atoms with van der Waals surface area (Å²) in [6, 6.07) is 2.25. The van der Waals surface area contributed by atoms with Crippen LogP contribution in [0.4, 0.5) is 5.82 Å². The van der Waals surface area contributed by atoms with E-state index < -0.39 is 0 Å². The van der Waals surface area contributed by atoms with Gasteiger partial charge in [-0.1, -0.05) is 12.2 Å². The molecule has 0 saturated carbocycles. The van der Waals surface area contributed by atoms with E-state index in [1.807, 2.05) is 13.1 Å². The van der Waals surface area contributed by atoms with Crippen molar-refractivity contribution >= 4 is 11.9 Å². The van der Waals surface area contributed by atoms with Gasteiger partial charge in [0.2, 0.25) is 0 Å². The highest BCUT2D eigenvalue weighted by atomic mass is 15.2. The van der Waals surface area contributed by atoms with Crippen molar-refractivity contribution in [1.82, 2.24) is 4.98 Å². The Labute approximate surface area is 85.3 Å². The largest absolute Gasteiger partial charge is 0.359 e. The van der Waals surface area contributed by atoms with Gasteiger partial charge >= 0.3 is 0 Å². The van der Waals surface area contributed by atoms with Crippen molar-refractivity contribution in [2.45, 2.75) is 19.8 Å². The van der Waals surface area contributed by atoms with Crippen LogP contribution in [0.5, 0.6) is 0 Å². The van der Waals surface area contributed by atoms with Crippen LogP contribution in [0.2, 0.25) is 0 Å². The molecule has 2 heterocycles. The Hall–Kier alpha value is -1.31. The van der Waals surface area contributed by atoms with E-state index in [0.29, 0.717) is 0 Å². The van der Waals surface area contributed by atoms with Crippen LogP contribution in [0.15, 0.2) is 18.3 Å². The van der Waals surface area contributed by atoms with E-state index in [1.165, 1.54) is 17.5 Å². The maximum absolute atomic E-state index is 4.49. The Kier molecular flexibility index (Phi) is 2.53. The Bertz CT molecular complexity index is 355. The fraction of sp³-hybridized carbons (Fsp3) is 0.417. The molecule has 1 aliphatic rings. The second-order valence-corrected chi connectivity index (χ2v) is 3.78. The van der Waals surface area contributed by atoms with Crippen molar-refractivity contribution in [1.29, 1.82) is 0 Å². The summed E-state index contributed by atoms with van der Waals surface area (Å²) in [5.41, 5.74) is 2.59. The standard InChI is InChI=1S/C12H16N2/c1-3-5-10-8-11-6-4-7-14(2)12(11)13-9-10/h3,5,8-9H,4,6-7H2,1-2H3/b5-3+. The summed E-state index contributed by atoms with van der Waals surface area (Å²) < 4.78 is 0. The average molecular weight is 188 g/mol. The molecule has 0 aromatic carbocycles. The molecule has 2 heteroatoms. The lowest BCUT2D eigenvalue weighted by atomic mass is 10.0. The van der Waals surface area contributed by atoms with E-state index in [1.54, 1.807) is 0 Å². The Morgan fingerprint density at radius 3 is 3.14 bits per heavy atom. The number of hydrogen-bond donors (Lipinski definition) is 0. The Morgan fingerprint density at radius 1 is 1.50 bits per heavy atom. The lowest BCUT2D eigenvalue weighted by Crippen LogP contribution is -2.25. The fourth-order valence-electron chi connectivity index (χ4n) is 1.95. The van der Waals surface area contributed by atoms with Gasteiger partial charge in [-0.25, -0.2) is 4.98 Å². The van der Waals surface area contributed by atoms with E-state index >= 15 is 0 Å². The zero-order valence-electron chi connectivity index (χ0n) is 8.83. The monoisotopic (exact) mass is 188 g/mol. The van der Waals surface area contributed by atoms with Crippen molar-refractivity contribution in [2.75, 3.05) is 18.5 Å². The van der Waals surface area contributed by atoms with E-state index in [2.05, 4.69) is 35.1 Å². The summed E-state index contributed by atoms with van der Waals surface area (Å²) >= 11 is 0. The molecule has 1 aromatic heterocycles. The maximum Gasteiger partial charge on any atom is 0.131 e. The van der Waals surface area contributed by atoms with Gasteiger partial charge in [0.15, 0.2) is 0 Å². The van der Waals surface area contributed by atoms with Gasteiger partial charge < -0.3 is 4.90 Å². The lowest BCUT2D eigenvalue weighted by molar-refractivity contribution is 0.730.